The van der Waals surface area contributed by atoms with Crippen LogP contribution in [-0.2, 0) is 0 Å². The minimum atomic E-state index is -0.0177. The topological polar surface area (TPSA) is 58.4 Å². The van der Waals surface area contributed by atoms with Gasteiger partial charge in [0, 0.05) is 18.0 Å². The molecule has 0 bridgehead atoms. The zero-order valence-electron chi connectivity index (χ0n) is 12.5. The quantitative estimate of drug-likeness (QED) is 0.832. The summed E-state index contributed by atoms with van der Waals surface area (Å²) in [6.45, 7) is 5.51. The summed E-state index contributed by atoms with van der Waals surface area (Å²) in [7, 11) is 0. The fraction of sp³-hybridized carbons (Fsp3) is 0.562. The van der Waals surface area contributed by atoms with Gasteiger partial charge in [-0.15, -0.1) is 11.3 Å². The Bertz CT molecular complexity index is 523. The molecule has 1 aliphatic rings. The summed E-state index contributed by atoms with van der Waals surface area (Å²) in [4.78, 5) is 15.5. The largest absolute Gasteiger partial charge is 0.350 e. The molecule has 1 fully saturated rings. The maximum absolute atomic E-state index is 12.1. The number of carbonyl (C=O) groups excluding carboxylic acids is 1. The molecule has 4 nitrogen and oxygen atoms in total. The van der Waals surface area contributed by atoms with Crippen LogP contribution in [0.25, 0.3) is 0 Å². The lowest BCUT2D eigenvalue weighted by atomic mass is 10.1. The van der Waals surface area contributed by atoms with E-state index in [9.17, 15) is 4.79 Å². The van der Waals surface area contributed by atoms with Crippen LogP contribution >= 0.6 is 11.3 Å². The standard InChI is InChI=1S/C16H23N3OS/c1-13(19-8-3-2-4-9-19)11-18-16(20)14-10-15(21-12-14)6-5-7-17/h10,12-13H,2-4,7-9,11,17H2,1H3,(H,18,20). The second kappa shape index (κ2) is 8.18. The van der Waals surface area contributed by atoms with Crippen molar-refractivity contribution in [3.8, 4) is 11.8 Å². The Morgan fingerprint density at radius 3 is 2.95 bits per heavy atom. The summed E-state index contributed by atoms with van der Waals surface area (Å²) in [6.07, 6.45) is 3.87. The molecule has 1 aromatic rings. The summed E-state index contributed by atoms with van der Waals surface area (Å²) in [6, 6.07) is 2.22. The molecule has 5 heteroatoms. The average molecular weight is 305 g/mol. The van der Waals surface area contributed by atoms with Crippen LogP contribution in [0.1, 0.15) is 41.4 Å². The predicted molar refractivity (Wildman–Crippen MR) is 87.5 cm³/mol. The molecule has 21 heavy (non-hydrogen) atoms. The molecule has 1 unspecified atom stereocenters. The molecule has 1 aliphatic heterocycles. The molecule has 1 amide bonds. The van der Waals surface area contributed by atoms with E-state index < -0.39 is 0 Å². The number of likely N-dealkylation sites (tertiary alicyclic amines) is 1. The summed E-state index contributed by atoms with van der Waals surface area (Å²) >= 11 is 1.48. The fourth-order valence-electron chi connectivity index (χ4n) is 2.49. The number of rotatable bonds is 4. The molecule has 0 aliphatic carbocycles. The van der Waals surface area contributed by atoms with E-state index >= 15 is 0 Å². The third-order valence-corrected chi connectivity index (χ3v) is 4.59. The minimum Gasteiger partial charge on any atom is -0.350 e. The van der Waals surface area contributed by atoms with Crippen LogP contribution in [-0.4, -0.2) is 43.0 Å². The number of hydrogen-bond acceptors (Lipinski definition) is 4. The van der Waals surface area contributed by atoms with Crippen molar-refractivity contribution in [1.29, 1.82) is 0 Å². The Morgan fingerprint density at radius 1 is 1.48 bits per heavy atom. The van der Waals surface area contributed by atoms with E-state index in [0.29, 0.717) is 24.7 Å². The van der Waals surface area contributed by atoms with E-state index in [1.54, 1.807) is 0 Å². The van der Waals surface area contributed by atoms with Crippen molar-refractivity contribution in [2.45, 2.75) is 32.2 Å². The van der Waals surface area contributed by atoms with Gasteiger partial charge in [-0.3, -0.25) is 9.69 Å². The van der Waals surface area contributed by atoms with Crippen LogP contribution in [0.4, 0.5) is 0 Å². The van der Waals surface area contributed by atoms with Crippen molar-refractivity contribution in [1.82, 2.24) is 10.2 Å². The first-order valence-corrected chi connectivity index (χ1v) is 8.38. The van der Waals surface area contributed by atoms with Gasteiger partial charge in [-0.25, -0.2) is 0 Å². The van der Waals surface area contributed by atoms with Gasteiger partial charge in [0.15, 0.2) is 0 Å². The van der Waals surface area contributed by atoms with Gasteiger partial charge in [0.05, 0.1) is 17.0 Å². The number of nitrogens with zero attached hydrogens (tertiary/aromatic N) is 1. The van der Waals surface area contributed by atoms with Gasteiger partial charge in [-0.1, -0.05) is 18.3 Å². The lowest BCUT2D eigenvalue weighted by molar-refractivity contribution is 0.0930. The van der Waals surface area contributed by atoms with Crippen LogP contribution in [0.5, 0.6) is 0 Å². The predicted octanol–water partition coefficient (Wildman–Crippen LogP) is 1.66. The second-order valence-electron chi connectivity index (χ2n) is 5.36. The van der Waals surface area contributed by atoms with Crippen LogP contribution in [0.15, 0.2) is 11.4 Å². The lowest BCUT2D eigenvalue weighted by Crippen LogP contribution is -2.44. The number of amides is 1. The van der Waals surface area contributed by atoms with E-state index in [0.717, 1.165) is 18.0 Å². The summed E-state index contributed by atoms with van der Waals surface area (Å²) in [5.74, 6) is 5.73. The SMILES string of the molecule is CC(CNC(=O)c1csc(C#CCN)c1)N1CCCCC1. The lowest BCUT2D eigenvalue weighted by Gasteiger charge is -2.32. The number of thiophene rings is 1. The highest BCUT2D eigenvalue weighted by atomic mass is 32.1. The van der Waals surface area contributed by atoms with E-state index in [1.807, 2.05) is 11.4 Å². The molecular formula is C16H23N3OS. The summed E-state index contributed by atoms with van der Waals surface area (Å²) in [5.41, 5.74) is 6.03. The first-order chi connectivity index (χ1) is 10.2. The fourth-order valence-corrected chi connectivity index (χ4v) is 3.24. The van der Waals surface area contributed by atoms with Crippen LogP contribution in [0.3, 0.4) is 0 Å². The van der Waals surface area contributed by atoms with E-state index in [2.05, 4.69) is 29.0 Å². The molecule has 1 atom stereocenters. The Balaban J connectivity index is 1.82. The van der Waals surface area contributed by atoms with Crippen LogP contribution in [0, 0.1) is 11.8 Å². The number of carbonyl (C=O) groups is 1. The number of nitrogens with one attached hydrogen (secondary N) is 1. The zero-order valence-corrected chi connectivity index (χ0v) is 13.3. The Kier molecular flexibility index (Phi) is 6.24. The third-order valence-electron chi connectivity index (χ3n) is 3.75. The smallest absolute Gasteiger partial charge is 0.252 e. The Labute approximate surface area is 130 Å². The molecule has 0 aromatic carbocycles. The van der Waals surface area contributed by atoms with E-state index in [4.69, 9.17) is 5.73 Å². The van der Waals surface area contributed by atoms with Gasteiger partial charge in [-0.05, 0) is 38.9 Å². The Hall–Kier alpha value is -1.35. The summed E-state index contributed by atoms with van der Waals surface area (Å²) < 4.78 is 0. The molecule has 0 saturated carbocycles. The van der Waals surface area contributed by atoms with Gasteiger partial charge in [0.2, 0.25) is 0 Å². The number of piperidine rings is 1. The third kappa shape index (κ3) is 4.85. The molecule has 3 N–H and O–H groups in total. The monoisotopic (exact) mass is 305 g/mol. The van der Waals surface area contributed by atoms with Crippen molar-refractivity contribution >= 4 is 17.2 Å². The van der Waals surface area contributed by atoms with Gasteiger partial charge in [0.25, 0.3) is 5.91 Å². The molecule has 1 saturated heterocycles. The first-order valence-electron chi connectivity index (χ1n) is 7.50. The molecule has 0 spiro atoms. The molecule has 2 rings (SSSR count). The van der Waals surface area contributed by atoms with Crippen molar-refractivity contribution < 1.29 is 4.79 Å². The highest BCUT2D eigenvalue weighted by Gasteiger charge is 2.17. The maximum atomic E-state index is 12.1. The highest BCUT2D eigenvalue weighted by molar-refractivity contribution is 7.10. The van der Waals surface area contributed by atoms with Gasteiger partial charge >= 0.3 is 0 Å². The molecule has 1 aromatic heterocycles. The second-order valence-corrected chi connectivity index (χ2v) is 6.27. The van der Waals surface area contributed by atoms with Gasteiger partial charge in [-0.2, -0.15) is 0 Å². The van der Waals surface area contributed by atoms with Gasteiger partial charge < -0.3 is 11.1 Å². The van der Waals surface area contributed by atoms with E-state index in [-0.39, 0.29) is 5.91 Å². The maximum Gasteiger partial charge on any atom is 0.252 e. The molecule has 114 valence electrons. The molecule has 2 heterocycles. The Morgan fingerprint density at radius 2 is 2.24 bits per heavy atom. The molecule has 0 radical (unpaired) electrons. The molecular weight excluding hydrogens is 282 g/mol. The summed E-state index contributed by atoms with van der Waals surface area (Å²) in [5, 5.41) is 4.87. The van der Waals surface area contributed by atoms with Gasteiger partial charge in [0.1, 0.15) is 0 Å². The number of nitrogens with two attached hydrogens (primary N) is 1. The highest BCUT2D eigenvalue weighted by Crippen LogP contribution is 2.14. The van der Waals surface area contributed by atoms with Crippen molar-refractivity contribution in [2.24, 2.45) is 5.73 Å². The van der Waals surface area contributed by atoms with Crippen molar-refractivity contribution in [3.63, 3.8) is 0 Å². The average Bonchev–Trinajstić information content (AvgIpc) is 3.00. The minimum absolute atomic E-state index is 0.0177. The first kappa shape index (κ1) is 16.0. The zero-order chi connectivity index (χ0) is 15.1. The van der Waals surface area contributed by atoms with Crippen LogP contribution < -0.4 is 11.1 Å². The van der Waals surface area contributed by atoms with E-state index in [1.165, 1.54) is 30.6 Å². The normalized spacial score (nSPS) is 16.9. The van der Waals surface area contributed by atoms with Crippen LogP contribution in [0.2, 0.25) is 0 Å². The number of hydrogen-bond donors (Lipinski definition) is 2. The van der Waals surface area contributed by atoms with Crippen molar-refractivity contribution in [2.75, 3.05) is 26.2 Å². The van der Waals surface area contributed by atoms with Crippen molar-refractivity contribution in [3.05, 3.63) is 21.9 Å².